The maximum absolute atomic E-state index is 11.4. The Labute approximate surface area is 101 Å². The van der Waals surface area contributed by atoms with Crippen LogP contribution >= 0.6 is 15.9 Å². The van der Waals surface area contributed by atoms with E-state index in [1.54, 1.807) is 25.3 Å². The van der Waals surface area contributed by atoms with Gasteiger partial charge in [-0.05, 0) is 17.7 Å². The summed E-state index contributed by atoms with van der Waals surface area (Å²) in [5.41, 5.74) is 0.747. The van der Waals surface area contributed by atoms with Crippen molar-refractivity contribution in [3.05, 3.63) is 28.2 Å². The highest BCUT2D eigenvalue weighted by Crippen LogP contribution is 2.34. The number of cyclic esters (lactones) is 2. The van der Waals surface area contributed by atoms with Crippen molar-refractivity contribution in [2.45, 2.75) is 12.3 Å². The lowest BCUT2D eigenvalue weighted by Crippen LogP contribution is -2.06. The van der Waals surface area contributed by atoms with E-state index in [4.69, 9.17) is 4.74 Å². The van der Waals surface area contributed by atoms with E-state index in [0.29, 0.717) is 5.75 Å². The molecule has 0 aromatic heterocycles. The van der Waals surface area contributed by atoms with Gasteiger partial charge >= 0.3 is 11.9 Å². The van der Waals surface area contributed by atoms with Crippen molar-refractivity contribution in [1.82, 2.24) is 0 Å². The third kappa shape index (κ3) is 1.95. The van der Waals surface area contributed by atoms with Gasteiger partial charge in [0, 0.05) is 4.47 Å². The Kier molecular flexibility index (Phi) is 2.96. The number of hydrogen-bond acceptors (Lipinski definition) is 4. The van der Waals surface area contributed by atoms with Crippen LogP contribution in [0.4, 0.5) is 0 Å². The maximum atomic E-state index is 11.4. The normalized spacial score (nSPS) is 19.8. The minimum atomic E-state index is -0.507. The summed E-state index contributed by atoms with van der Waals surface area (Å²) < 4.78 is 10.3. The molecule has 1 aliphatic rings. The minimum absolute atomic E-state index is 0.101. The molecule has 1 aromatic carbocycles. The van der Waals surface area contributed by atoms with Gasteiger partial charge in [0.1, 0.15) is 5.75 Å². The first-order valence-corrected chi connectivity index (χ1v) is 5.49. The molecule has 0 aliphatic carbocycles. The highest BCUT2D eigenvalue weighted by Gasteiger charge is 2.35. The third-order valence-corrected chi connectivity index (χ3v) is 3.14. The van der Waals surface area contributed by atoms with Crippen molar-refractivity contribution < 1.29 is 19.1 Å². The second kappa shape index (κ2) is 4.25. The van der Waals surface area contributed by atoms with E-state index in [2.05, 4.69) is 20.7 Å². The van der Waals surface area contributed by atoms with Crippen molar-refractivity contribution in [3.63, 3.8) is 0 Å². The molecule has 0 saturated carbocycles. The van der Waals surface area contributed by atoms with Gasteiger partial charge in [-0.25, -0.2) is 0 Å². The van der Waals surface area contributed by atoms with E-state index in [9.17, 15) is 9.59 Å². The van der Waals surface area contributed by atoms with Crippen LogP contribution in [0.1, 0.15) is 17.9 Å². The molecule has 1 aromatic rings. The molecular formula is C11H9BrO4. The Morgan fingerprint density at radius 1 is 1.44 bits per heavy atom. The van der Waals surface area contributed by atoms with Gasteiger partial charge in [-0.15, -0.1) is 0 Å². The second-order valence-electron chi connectivity index (χ2n) is 3.44. The molecule has 1 heterocycles. The molecule has 0 bridgehead atoms. The number of rotatable bonds is 2. The molecule has 1 atom stereocenters. The van der Waals surface area contributed by atoms with Crippen LogP contribution in [0.5, 0.6) is 5.75 Å². The summed E-state index contributed by atoms with van der Waals surface area (Å²) in [6, 6.07) is 5.26. The number of benzene rings is 1. The summed E-state index contributed by atoms with van der Waals surface area (Å²) in [5, 5.41) is 0. The van der Waals surface area contributed by atoms with Crippen molar-refractivity contribution in [3.8, 4) is 5.75 Å². The summed E-state index contributed by atoms with van der Waals surface area (Å²) in [5.74, 6) is -0.783. The van der Waals surface area contributed by atoms with E-state index in [1.165, 1.54) is 0 Å². The molecule has 1 unspecified atom stereocenters. The zero-order valence-electron chi connectivity index (χ0n) is 8.53. The molecule has 5 heteroatoms. The van der Waals surface area contributed by atoms with E-state index < -0.39 is 17.9 Å². The molecule has 0 spiro atoms. The number of ether oxygens (including phenoxy) is 2. The van der Waals surface area contributed by atoms with Gasteiger partial charge in [-0.3, -0.25) is 9.59 Å². The van der Waals surface area contributed by atoms with Crippen molar-refractivity contribution in [2.24, 2.45) is 0 Å². The van der Waals surface area contributed by atoms with Gasteiger partial charge in [0.15, 0.2) is 0 Å². The summed E-state index contributed by atoms with van der Waals surface area (Å²) in [4.78, 5) is 22.4. The number of hydrogen-bond donors (Lipinski definition) is 0. The Balaban J connectivity index is 2.34. The first kappa shape index (κ1) is 11.1. The number of methoxy groups -OCH3 is 1. The van der Waals surface area contributed by atoms with E-state index >= 15 is 0 Å². The van der Waals surface area contributed by atoms with Gasteiger partial charge in [-0.1, -0.05) is 22.0 Å². The summed E-state index contributed by atoms with van der Waals surface area (Å²) in [6.45, 7) is 0. The lowest BCUT2D eigenvalue weighted by Gasteiger charge is -2.09. The molecule has 2 rings (SSSR count). The number of halogens is 1. The molecule has 1 aliphatic heterocycles. The van der Waals surface area contributed by atoms with Crippen LogP contribution in [0.15, 0.2) is 22.7 Å². The fourth-order valence-electron chi connectivity index (χ4n) is 1.63. The number of carbonyl (C=O) groups is 2. The van der Waals surface area contributed by atoms with Crippen molar-refractivity contribution in [2.75, 3.05) is 7.11 Å². The SMILES string of the molecule is COc1ccc(C2CC(=O)OC2=O)c(Br)c1. The third-order valence-electron chi connectivity index (χ3n) is 2.45. The molecular weight excluding hydrogens is 276 g/mol. The zero-order valence-corrected chi connectivity index (χ0v) is 10.1. The highest BCUT2D eigenvalue weighted by molar-refractivity contribution is 9.10. The van der Waals surface area contributed by atoms with Crippen LogP contribution in [-0.4, -0.2) is 19.0 Å². The van der Waals surface area contributed by atoms with Crippen LogP contribution in [0.3, 0.4) is 0 Å². The fourth-order valence-corrected chi connectivity index (χ4v) is 2.26. The van der Waals surface area contributed by atoms with Crippen LogP contribution in [0.2, 0.25) is 0 Å². The Bertz CT molecular complexity index is 455. The Hall–Kier alpha value is -1.36. The highest BCUT2D eigenvalue weighted by atomic mass is 79.9. The van der Waals surface area contributed by atoms with Gasteiger partial charge in [0.2, 0.25) is 0 Å². The quantitative estimate of drug-likeness (QED) is 0.616. The maximum Gasteiger partial charge on any atom is 0.321 e. The monoisotopic (exact) mass is 284 g/mol. The molecule has 0 radical (unpaired) electrons. The number of carbonyl (C=O) groups excluding carboxylic acids is 2. The largest absolute Gasteiger partial charge is 0.497 e. The van der Waals surface area contributed by atoms with Gasteiger partial charge in [-0.2, -0.15) is 0 Å². The topological polar surface area (TPSA) is 52.6 Å². The summed E-state index contributed by atoms with van der Waals surface area (Å²) in [7, 11) is 1.56. The molecule has 1 saturated heterocycles. The van der Waals surface area contributed by atoms with E-state index in [-0.39, 0.29) is 6.42 Å². The first-order chi connectivity index (χ1) is 7.61. The predicted molar refractivity (Wildman–Crippen MR) is 59.2 cm³/mol. The Morgan fingerprint density at radius 2 is 2.19 bits per heavy atom. The van der Waals surface area contributed by atoms with Crippen LogP contribution in [0, 0.1) is 0 Å². The summed E-state index contributed by atoms with van der Waals surface area (Å²) in [6.07, 6.45) is 0.101. The lowest BCUT2D eigenvalue weighted by atomic mass is 9.98. The smallest absolute Gasteiger partial charge is 0.321 e. The van der Waals surface area contributed by atoms with E-state index in [0.717, 1.165) is 10.0 Å². The van der Waals surface area contributed by atoms with Crippen molar-refractivity contribution >= 4 is 27.9 Å². The van der Waals surface area contributed by atoms with Crippen LogP contribution in [0.25, 0.3) is 0 Å². The standard InChI is InChI=1S/C11H9BrO4/c1-15-6-2-3-7(9(12)4-6)8-5-10(13)16-11(8)14/h2-4,8H,5H2,1H3. The zero-order chi connectivity index (χ0) is 11.7. The Morgan fingerprint density at radius 3 is 2.69 bits per heavy atom. The second-order valence-corrected chi connectivity index (χ2v) is 4.29. The molecule has 0 amide bonds. The van der Waals surface area contributed by atoms with Crippen LogP contribution in [-0.2, 0) is 14.3 Å². The van der Waals surface area contributed by atoms with Gasteiger partial charge in [0.25, 0.3) is 0 Å². The average molecular weight is 285 g/mol. The predicted octanol–water partition coefficient (Wildman–Crippen LogP) is 2.01. The number of esters is 2. The van der Waals surface area contributed by atoms with Gasteiger partial charge < -0.3 is 9.47 Å². The molecule has 4 nitrogen and oxygen atoms in total. The molecule has 0 N–H and O–H groups in total. The first-order valence-electron chi connectivity index (χ1n) is 4.70. The molecule has 84 valence electrons. The van der Waals surface area contributed by atoms with E-state index in [1.807, 2.05) is 0 Å². The lowest BCUT2D eigenvalue weighted by molar-refractivity contribution is -0.152. The summed E-state index contributed by atoms with van der Waals surface area (Å²) >= 11 is 3.35. The fraction of sp³-hybridized carbons (Fsp3) is 0.273. The minimum Gasteiger partial charge on any atom is -0.497 e. The molecule has 16 heavy (non-hydrogen) atoms. The average Bonchev–Trinajstić information content (AvgIpc) is 2.57. The molecule has 1 fully saturated rings. The van der Waals surface area contributed by atoms with Crippen molar-refractivity contribution in [1.29, 1.82) is 0 Å². The van der Waals surface area contributed by atoms with Gasteiger partial charge in [0.05, 0.1) is 19.4 Å². The van der Waals surface area contributed by atoms with Crippen LogP contribution < -0.4 is 4.74 Å².